The van der Waals surface area contributed by atoms with Crippen molar-refractivity contribution in [3.63, 3.8) is 0 Å². The molecule has 0 saturated carbocycles. The second-order valence-electron chi connectivity index (χ2n) is 8.68. The molecular formula is C27H30N6O4. The van der Waals surface area contributed by atoms with Crippen LogP contribution in [0.15, 0.2) is 48.8 Å². The van der Waals surface area contributed by atoms with Gasteiger partial charge in [-0.1, -0.05) is 0 Å². The van der Waals surface area contributed by atoms with Crippen molar-refractivity contribution in [3.05, 3.63) is 65.7 Å². The molecule has 2 aromatic heterocycles. The number of nitrogens with one attached hydrogen (secondary N) is 1. The van der Waals surface area contributed by atoms with Crippen LogP contribution >= 0.6 is 0 Å². The molecule has 0 spiro atoms. The van der Waals surface area contributed by atoms with E-state index in [4.69, 9.17) is 19.6 Å². The Balaban J connectivity index is 1.43. The summed E-state index contributed by atoms with van der Waals surface area (Å²) in [6.45, 7) is 1.83. The molecule has 192 valence electrons. The van der Waals surface area contributed by atoms with Gasteiger partial charge in [0.2, 0.25) is 5.91 Å². The van der Waals surface area contributed by atoms with Gasteiger partial charge in [0.05, 0.1) is 17.9 Å². The number of anilines is 1. The minimum atomic E-state index is -0.480. The summed E-state index contributed by atoms with van der Waals surface area (Å²) in [4.78, 5) is 26.8. The van der Waals surface area contributed by atoms with Crippen molar-refractivity contribution in [2.45, 2.75) is 25.4 Å². The number of rotatable bonds is 10. The smallest absolute Gasteiger partial charge is 0.248 e. The number of benzene rings is 1. The topological polar surface area (TPSA) is 133 Å². The summed E-state index contributed by atoms with van der Waals surface area (Å²) in [5, 5.41) is 22.0. The Morgan fingerprint density at radius 3 is 2.76 bits per heavy atom. The van der Waals surface area contributed by atoms with Crippen LogP contribution in [0.2, 0.25) is 0 Å². The number of piperidine rings is 1. The molecule has 1 aromatic carbocycles. The van der Waals surface area contributed by atoms with Gasteiger partial charge in [-0.2, -0.15) is 5.26 Å². The minimum Gasteiger partial charge on any atom is -0.489 e. The summed E-state index contributed by atoms with van der Waals surface area (Å²) in [7, 11) is 1.66. The fraction of sp³-hybridized carbons (Fsp3) is 0.370. The number of pyridine rings is 1. The fourth-order valence-electron chi connectivity index (χ4n) is 4.17. The van der Waals surface area contributed by atoms with E-state index in [1.165, 1.54) is 0 Å². The SMILES string of the molecule is COCCNc1cc(Cc2nccc(-c3ccc(OC4CCN(C(=O)CO)CC4)c(C#N)c3)n2)ccn1. The summed E-state index contributed by atoms with van der Waals surface area (Å²) in [5.74, 6) is 1.67. The monoisotopic (exact) mass is 502 g/mol. The molecule has 4 rings (SSSR count). The van der Waals surface area contributed by atoms with Gasteiger partial charge >= 0.3 is 0 Å². The van der Waals surface area contributed by atoms with Crippen molar-refractivity contribution in [2.24, 2.45) is 0 Å². The van der Waals surface area contributed by atoms with Crippen LogP contribution in [0, 0.1) is 11.3 Å². The highest BCUT2D eigenvalue weighted by atomic mass is 16.5. The Labute approximate surface area is 215 Å². The van der Waals surface area contributed by atoms with E-state index in [0.717, 1.165) is 22.6 Å². The first-order chi connectivity index (χ1) is 18.1. The number of nitrogens with zero attached hydrogens (tertiary/aromatic N) is 5. The second kappa shape index (κ2) is 12.8. The number of hydrogen-bond acceptors (Lipinski definition) is 9. The minimum absolute atomic E-state index is 0.0967. The third-order valence-corrected chi connectivity index (χ3v) is 6.12. The van der Waals surface area contributed by atoms with Crippen molar-refractivity contribution in [3.8, 4) is 23.1 Å². The molecule has 1 amide bonds. The summed E-state index contributed by atoms with van der Waals surface area (Å²) < 4.78 is 11.2. The lowest BCUT2D eigenvalue weighted by Gasteiger charge is -2.32. The largest absolute Gasteiger partial charge is 0.489 e. The molecule has 1 saturated heterocycles. The molecule has 0 bridgehead atoms. The quantitative estimate of drug-likeness (QED) is 0.401. The number of methoxy groups -OCH3 is 1. The molecule has 3 heterocycles. The number of hydrogen-bond donors (Lipinski definition) is 2. The first kappa shape index (κ1) is 26.0. The van der Waals surface area contributed by atoms with Crippen LogP contribution in [0.4, 0.5) is 5.82 Å². The molecule has 0 atom stereocenters. The first-order valence-electron chi connectivity index (χ1n) is 12.2. The summed E-state index contributed by atoms with van der Waals surface area (Å²) in [6.07, 6.45) is 5.20. The fourth-order valence-corrected chi connectivity index (χ4v) is 4.17. The third kappa shape index (κ3) is 7.00. The molecule has 0 unspecified atom stereocenters. The molecule has 10 heteroatoms. The van der Waals surface area contributed by atoms with E-state index in [-0.39, 0.29) is 12.0 Å². The molecule has 0 radical (unpaired) electrons. The average Bonchev–Trinajstić information content (AvgIpc) is 2.94. The van der Waals surface area contributed by atoms with E-state index in [2.05, 4.69) is 21.4 Å². The van der Waals surface area contributed by atoms with Crippen molar-refractivity contribution >= 4 is 11.7 Å². The number of amides is 1. The highest BCUT2D eigenvalue weighted by molar-refractivity contribution is 5.77. The molecule has 1 aliphatic heterocycles. The van der Waals surface area contributed by atoms with Crippen LogP contribution in [-0.2, 0) is 16.0 Å². The van der Waals surface area contributed by atoms with Gasteiger partial charge in [-0.25, -0.2) is 15.0 Å². The van der Waals surface area contributed by atoms with Crippen molar-refractivity contribution in [1.82, 2.24) is 19.9 Å². The molecule has 2 N–H and O–H groups in total. The summed E-state index contributed by atoms with van der Waals surface area (Å²) >= 11 is 0. The van der Waals surface area contributed by atoms with Crippen LogP contribution in [0.3, 0.4) is 0 Å². The lowest BCUT2D eigenvalue weighted by Crippen LogP contribution is -2.42. The van der Waals surface area contributed by atoms with Gasteiger partial charge in [0.15, 0.2) is 0 Å². The van der Waals surface area contributed by atoms with Crippen LogP contribution in [0.1, 0.15) is 29.8 Å². The van der Waals surface area contributed by atoms with E-state index >= 15 is 0 Å². The van der Waals surface area contributed by atoms with Crippen molar-refractivity contribution in [1.29, 1.82) is 5.26 Å². The zero-order chi connectivity index (χ0) is 26.0. The zero-order valence-corrected chi connectivity index (χ0v) is 20.8. The number of carbonyl (C=O) groups is 1. The zero-order valence-electron chi connectivity index (χ0n) is 20.8. The van der Waals surface area contributed by atoms with E-state index in [0.29, 0.717) is 62.6 Å². The van der Waals surface area contributed by atoms with Gasteiger partial charge in [0.25, 0.3) is 0 Å². The Morgan fingerprint density at radius 1 is 1.19 bits per heavy atom. The normalized spacial score (nSPS) is 13.7. The Morgan fingerprint density at radius 2 is 2.00 bits per heavy atom. The second-order valence-corrected chi connectivity index (χ2v) is 8.68. The first-order valence-corrected chi connectivity index (χ1v) is 12.2. The molecule has 1 fully saturated rings. The van der Waals surface area contributed by atoms with Crippen LogP contribution in [0.25, 0.3) is 11.3 Å². The van der Waals surface area contributed by atoms with E-state index in [1.807, 2.05) is 24.3 Å². The Bertz CT molecular complexity index is 1250. The predicted octanol–water partition coefficient (Wildman–Crippen LogP) is 2.42. The van der Waals surface area contributed by atoms with Gasteiger partial charge in [0, 0.05) is 64.0 Å². The van der Waals surface area contributed by atoms with Crippen LogP contribution in [-0.4, -0.2) is 76.9 Å². The van der Waals surface area contributed by atoms with Gasteiger partial charge in [-0.3, -0.25) is 4.79 Å². The number of nitriles is 1. The highest BCUT2D eigenvalue weighted by Gasteiger charge is 2.24. The van der Waals surface area contributed by atoms with Gasteiger partial charge in [-0.05, 0) is 42.0 Å². The van der Waals surface area contributed by atoms with Crippen molar-refractivity contribution in [2.75, 3.05) is 45.3 Å². The molecular weight excluding hydrogens is 472 g/mol. The number of aromatic nitrogens is 3. The number of likely N-dealkylation sites (tertiary alicyclic amines) is 1. The van der Waals surface area contributed by atoms with Crippen LogP contribution < -0.4 is 10.1 Å². The molecule has 3 aromatic rings. The van der Waals surface area contributed by atoms with Crippen LogP contribution in [0.5, 0.6) is 5.75 Å². The van der Waals surface area contributed by atoms with Gasteiger partial charge in [0.1, 0.15) is 36.2 Å². The standard InChI is InChI=1S/C27H30N6O4/c1-36-13-10-31-25-14-19(4-8-29-25)15-26-30-9-5-23(32-26)20-2-3-24(21(16-20)17-28)37-22-6-11-33(12-7-22)27(35)18-34/h2-5,8-9,14,16,22,34H,6-7,10-13,15,18H2,1H3,(H,29,31). The lowest BCUT2D eigenvalue weighted by molar-refractivity contribution is -0.135. The number of aliphatic hydroxyl groups is 1. The van der Waals surface area contributed by atoms with Crippen molar-refractivity contribution < 1.29 is 19.4 Å². The van der Waals surface area contributed by atoms with E-state index < -0.39 is 6.61 Å². The predicted molar refractivity (Wildman–Crippen MR) is 137 cm³/mol. The number of ether oxygens (including phenoxy) is 2. The Kier molecular flexibility index (Phi) is 8.97. The highest BCUT2D eigenvalue weighted by Crippen LogP contribution is 2.28. The molecule has 37 heavy (non-hydrogen) atoms. The van der Waals surface area contributed by atoms with E-state index in [1.54, 1.807) is 36.5 Å². The molecule has 1 aliphatic rings. The van der Waals surface area contributed by atoms with Gasteiger partial charge < -0.3 is 24.8 Å². The molecule has 0 aliphatic carbocycles. The Hall–Kier alpha value is -4.07. The maximum absolute atomic E-state index is 11.7. The summed E-state index contributed by atoms with van der Waals surface area (Å²) in [5.41, 5.74) is 2.97. The maximum Gasteiger partial charge on any atom is 0.248 e. The molecule has 10 nitrogen and oxygen atoms in total. The van der Waals surface area contributed by atoms with E-state index in [9.17, 15) is 10.1 Å². The summed E-state index contributed by atoms with van der Waals surface area (Å²) in [6, 6.07) is 13.4. The lowest BCUT2D eigenvalue weighted by atomic mass is 10.1. The third-order valence-electron chi connectivity index (χ3n) is 6.12. The number of aliphatic hydroxyl groups excluding tert-OH is 1. The van der Waals surface area contributed by atoms with Gasteiger partial charge in [-0.15, -0.1) is 0 Å². The average molecular weight is 503 g/mol. The maximum atomic E-state index is 11.7. The number of carbonyl (C=O) groups excluding carboxylic acids is 1.